The fourth-order valence-electron chi connectivity index (χ4n) is 3.10. The highest BCUT2D eigenvalue weighted by atomic mass is 32.2. The zero-order valence-electron chi connectivity index (χ0n) is 17.7. The number of aryl methyl sites for hydroxylation is 1. The lowest BCUT2D eigenvalue weighted by molar-refractivity contribution is -0.146. The van der Waals surface area contributed by atoms with Gasteiger partial charge in [0.2, 0.25) is 15.8 Å². The Bertz CT molecular complexity index is 1430. The number of aromatic nitrogens is 4. The normalized spacial score (nSPS) is 12.5. The Labute approximate surface area is 182 Å². The van der Waals surface area contributed by atoms with Crippen LogP contribution in [0.15, 0.2) is 40.2 Å². The van der Waals surface area contributed by atoms with Crippen LogP contribution in [-0.4, -0.2) is 51.2 Å². The van der Waals surface area contributed by atoms with E-state index in [1.54, 1.807) is 0 Å². The largest absolute Gasteiger partial charge is 0.453 e. The molecule has 1 unspecified atom stereocenters. The molecule has 1 aromatic carbocycles. The van der Waals surface area contributed by atoms with Gasteiger partial charge in [0.05, 0.1) is 12.6 Å². The van der Waals surface area contributed by atoms with Gasteiger partial charge in [-0.3, -0.25) is 28.2 Å². The standard InChI is InChI=1S/C19H21N5O7S/c1-11(16(26)12-5-7-13(8-6-12)21-32(4,29)30)31-14(25)9-24-10-20-17-15(24)18(27)23(3)19(28)22(17)2/h5-8,10-11,21H,9H2,1-4H3. The van der Waals surface area contributed by atoms with Gasteiger partial charge in [-0.25, -0.2) is 18.2 Å². The van der Waals surface area contributed by atoms with E-state index in [9.17, 15) is 27.6 Å². The lowest BCUT2D eigenvalue weighted by Crippen LogP contribution is -2.37. The maximum absolute atomic E-state index is 12.5. The number of ketones is 1. The molecule has 170 valence electrons. The van der Waals surface area contributed by atoms with Crippen LogP contribution in [-0.2, 0) is 40.2 Å². The van der Waals surface area contributed by atoms with Crippen LogP contribution in [0.3, 0.4) is 0 Å². The van der Waals surface area contributed by atoms with Gasteiger partial charge >= 0.3 is 11.7 Å². The average Bonchev–Trinajstić information content (AvgIpc) is 3.13. The summed E-state index contributed by atoms with van der Waals surface area (Å²) < 4.78 is 33.3. The summed E-state index contributed by atoms with van der Waals surface area (Å²) in [4.78, 5) is 53.4. The number of hydrogen-bond donors (Lipinski definition) is 1. The minimum Gasteiger partial charge on any atom is -0.453 e. The summed E-state index contributed by atoms with van der Waals surface area (Å²) in [5, 5.41) is 0. The van der Waals surface area contributed by atoms with E-state index in [0.29, 0.717) is 0 Å². The summed E-state index contributed by atoms with van der Waals surface area (Å²) in [5.41, 5.74) is -0.470. The van der Waals surface area contributed by atoms with Crippen LogP contribution < -0.4 is 16.0 Å². The number of imidazole rings is 1. The van der Waals surface area contributed by atoms with Crippen LogP contribution in [0.5, 0.6) is 0 Å². The molecule has 1 N–H and O–H groups in total. The molecular weight excluding hydrogens is 442 g/mol. The molecular formula is C19H21N5O7S. The number of Topliss-reactive ketones (excluding diaryl/α,β-unsaturated/α-hetero) is 1. The van der Waals surface area contributed by atoms with E-state index in [2.05, 4.69) is 9.71 Å². The molecule has 0 radical (unpaired) electrons. The van der Waals surface area contributed by atoms with Crippen molar-refractivity contribution in [2.45, 2.75) is 19.6 Å². The first-order valence-corrected chi connectivity index (χ1v) is 11.2. The summed E-state index contributed by atoms with van der Waals surface area (Å²) in [7, 11) is -0.676. The van der Waals surface area contributed by atoms with Gasteiger partial charge in [0.1, 0.15) is 6.54 Å². The number of rotatable bonds is 7. The molecule has 3 rings (SSSR count). The lowest BCUT2D eigenvalue weighted by atomic mass is 10.1. The number of benzene rings is 1. The van der Waals surface area contributed by atoms with E-state index in [-0.39, 0.29) is 22.4 Å². The van der Waals surface area contributed by atoms with E-state index in [4.69, 9.17) is 4.74 Å². The number of nitrogens with zero attached hydrogens (tertiary/aromatic N) is 4. The zero-order valence-corrected chi connectivity index (χ0v) is 18.5. The van der Waals surface area contributed by atoms with Gasteiger partial charge in [-0.1, -0.05) is 0 Å². The highest BCUT2D eigenvalue weighted by molar-refractivity contribution is 7.92. The second-order valence-electron chi connectivity index (χ2n) is 7.20. The summed E-state index contributed by atoms with van der Waals surface area (Å²) in [6.07, 6.45) is 1.12. The summed E-state index contributed by atoms with van der Waals surface area (Å²) in [6.45, 7) is 1.01. The summed E-state index contributed by atoms with van der Waals surface area (Å²) in [5.74, 6) is -1.27. The number of hydrogen-bond acceptors (Lipinski definition) is 8. The molecule has 13 heteroatoms. The maximum atomic E-state index is 12.5. The fraction of sp³-hybridized carbons (Fsp3) is 0.316. The molecule has 0 aliphatic carbocycles. The Hall–Kier alpha value is -3.74. The van der Waals surface area contributed by atoms with Crippen molar-refractivity contribution in [3.05, 3.63) is 57.0 Å². The number of nitrogens with one attached hydrogen (secondary N) is 1. The van der Waals surface area contributed by atoms with Crippen molar-refractivity contribution in [3.63, 3.8) is 0 Å². The van der Waals surface area contributed by atoms with Crippen LogP contribution in [0.25, 0.3) is 11.2 Å². The van der Waals surface area contributed by atoms with E-state index in [1.165, 1.54) is 60.7 Å². The van der Waals surface area contributed by atoms with E-state index in [0.717, 1.165) is 10.8 Å². The van der Waals surface area contributed by atoms with Crippen LogP contribution in [0.4, 0.5) is 5.69 Å². The van der Waals surface area contributed by atoms with Gasteiger partial charge in [0, 0.05) is 25.3 Å². The predicted octanol–water partition coefficient (Wildman–Crippen LogP) is -0.380. The lowest BCUT2D eigenvalue weighted by Gasteiger charge is -2.13. The second-order valence-corrected chi connectivity index (χ2v) is 8.95. The monoisotopic (exact) mass is 463 g/mol. The molecule has 0 saturated carbocycles. The molecule has 1 atom stereocenters. The number of carbonyl (C=O) groups excluding carboxylic acids is 2. The Morgan fingerprint density at radius 2 is 1.75 bits per heavy atom. The van der Waals surface area contributed by atoms with Crippen LogP contribution in [0.2, 0.25) is 0 Å². The smallest absolute Gasteiger partial charge is 0.332 e. The van der Waals surface area contributed by atoms with E-state index in [1.807, 2.05) is 0 Å². The molecule has 0 aliphatic rings. The molecule has 2 aromatic heterocycles. The molecule has 0 aliphatic heterocycles. The minimum absolute atomic E-state index is 0.0551. The first kappa shape index (κ1) is 22.9. The third kappa shape index (κ3) is 4.61. The van der Waals surface area contributed by atoms with E-state index >= 15 is 0 Å². The van der Waals surface area contributed by atoms with Crippen molar-refractivity contribution >= 4 is 38.6 Å². The Kier molecular flexibility index (Phi) is 6.03. The molecule has 0 fully saturated rings. The van der Waals surface area contributed by atoms with Crippen molar-refractivity contribution in [2.75, 3.05) is 11.0 Å². The van der Waals surface area contributed by atoms with Gasteiger partial charge < -0.3 is 9.30 Å². The molecule has 3 aromatic rings. The van der Waals surface area contributed by atoms with Gasteiger partial charge in [-0.2, -0.15) is 0 Å². The molecule has 12 nitrogen and oxygen atoms in total. The zero-order chi connectivity index (χ0) is 23.8. The molecule has 0 saturated heterocycles. The highest BCUT2D eigenvalue weighted by Crippen LogP contribution is 2.14. The Balaban J connectivity index is 1.73. The van der Waals surface area contributed by atoms with Gasteiger partial charge in [-0.05, 0) is 31.2 Å². The van der Waals surface area contributed by atoms with Gasteiger partial charge in [0.25, 0.3) is 5.56 Å². The second kappa shape index (κ2) is 8.42. The fourth-order valence-corrected chi connectivity index (χ4v) is 3.66. The molecule has 32 heavy (non-hydrogen) atoms. The summed E-state index contributed by atoms with van der Waals surface area (Å²) >= 11 is 0. The Morgan fingerprint density at radius 1 is 1.12 bits per heavy atom. The van der Waals surface area contributed by atoms with Crippen LogP contribution in [0.1, 0.15) is 17.3 Å². The van der Waals surface area contributed by atoms with Crippen molar-refractivity contribution < 1.29 is 22.7 Å². The maximum Gasteiger partial charge on any atom is 0.332 e. The van der Waals surface area contributed by atoms with Crippen LogP contribution in [0, 0.1) is 0 Å². The predicted molar refractivity (Wildman–Crippen MR) is 115 cm³/mol. The van der Waals surface area contributed by atoms with Crippen molar-refractivity contribution in [2.24, 2.45) is 14.1 Å². The minimum atomic E-state index is -3.45. The quantitative estimate of drug-likeness (QED) is 0.368. The van der Waals surface area contributed by atoms with Crippen molar-refractivity contribution in [3.8, 4) is 0 Å². The Morgan fingerprint density at radius 3 is 2.34 bits per heavy atom. The molecule has 0 amide bonds. The third-order valence-corrected chi connectivity index (χ3v) is 5.27. The first-order chi connectivity index (χ1) is 14.9. The van der Waals surface area contributed by atoms with Crippen molar-refractivity contribution in [1.29, 1.82) is 0 Å². The third-order valence-electron chi connectivity index (χ3n) is 4.67. The van der Waals surface area contributed by atoms with Crippen LogP contribution >= 0.6 is 0 Å². The molecule has 0 bridgehead atoms. The first-order valence-electron chi connectivity index (χ1n) is 9.31. The van der Waals surface area contributed by atoms with Gasteiger partial charge in [-0.15, -0.1) is 0 Å². The number of carbonyl (C=O) groups is 2. The topological polar surface area (TPSA) is 151 Å². The summed E-state index contributed by atoms with van der Waals surface area (Å²) in [6, 6.07) is 5.66. The van der Waals surface area contributed by atoms with Gasteiger partial charge in [0.15, 0.2) is 17.3 Å². The number of esters is 1. The molecule has 0 spiro atoms. The number of fused-ring (bicyclic) bond motifs is 1. The highest BCUT2D eigenvalue weighted by Gasteiger charge is 2.22. The number of sulfonamides is 1. The number of anilines is 1. The van der Waals surface area contributed by atoms with E-state index < -0.39 is 45.7 Å². The average molecular weight is 463 g/mol. The SMILES string of the molecule is CC(OC(=O)Cn1cnc2c1c(=O)n(C)c(=O)n2C)C(=O)c1ccc(NS(C)(=O)=O)cc1. The molecule has 2 heterocycles. The van der Waals surface area contributed by atoms with Crippen molar-refractivity contribution in [1.82, 2.24) is 18.7 Å². The number of ether oxygens (including phenoxy) is 1.